The monoisotopic (exact) mass is 285 g/mol. The Morgan fingerprint density at radius 2 is 2.25 bits per heavy atom. The summed E-state index contributed by atoms with van der Waals surface area (Å²) in [6.45, 7) is 0.958. The van der Waals surface area contributed by atoms with E-state index in [1.807, 2.05) is 18.2 Å². The number of rotatable bonds is 2. The minimum Gasteiger partial charge on any atom is -0.384 e. The van der Waals surface area contributed by atoms with Crippen LogP contribution in [-0.4, -0.2) is 17.4 Å². The molecule has 2 aliphatic rings. The predicted molar refractivity (Wildman–Crippen MR) is 80.7 cm³/mol. The zero-order chi connectivity index (χ0) is 13.5. The van der Waals surface area contributed by atoms with E-state index in [2.05, 4.69) is 15.6 Å². The summed E-state index contributed by atoms with van der Waals surface area (Å²) in [4.78, 5) is 18.1. The van der Waals surface area contributed by atoms with E-state index in [9.17, 15) is 4.79 Å². The largest absolute Gasteiger partial charge is 0.384 e. The van der Waals surface area contributed by atoms with Gasteiger partial charge >= 0.3 is 0 Å². The minimum atomic E-state index is -0.0628. The van der Waals surface area contributed by atoms with Crippen molar-refractivity contribution in [3.63, 3.8) is 0 Å². The fourth-order valence-corrected chi connectivity index (χ4v) is 3.90. The predicted octanol–water partition coefficient (Wildman–Crippen LogP) is 2.85. The highest BCUT2D eigenvalue weighted by Crippen LogP contribution is 2.31. The van der Waals surface area contributed by atoms with E-state index in [0.29, 0.717) is 5.56 Å². The molecule has 1 aliphatic carbocycles. The maximum atomic E-state index is 12.3. The molecule has 2 heterocycles. The summed E-state index contributed by atoms with van der Waals surface area (Å²) in [6.07, 6.45) is 4.34. The van der Waals surface area contributed by atoms with Gasteiger partial charge in [0, 0.05) is 22.7 Å². The number of amides is 1. The van der Waals surface area contributed by atoms with Gasteiger partial charge in [0.1, 0.15) is 0 Å². The van der Waals surface area contributed by atoms with Crippen LogP contribution in [0, 0.1) is 0 Å². The van der Waals surface area contributed by atoms with Crippen LogP contribution in [0.25, 0.3) is 0 Å². The number of aryl methyl sites for hydroxylation is 2. The molecule has 2 aromatic rings. The standard InChI is InChI=1S/C15H15N3OS/c19-14(10-4-5-11-9(8-10)6-7-16-11)18-15-17-12-2-1-3-13(12)20-15/h4-5,8,16H,1-3,6-7H2,(H,17,18,19). The highest BCUT2D eigenvalue weighted by atomic mass is 32.1. The van der Waals surface area contributed by atoms with Crippen LogP contribution in [0.15, 0.2) is 18.2 Å². The van der Waals surface area contributed by atoms with E-state index in [4.69, 9.17) is 0 Å². The van der Waals surface area contributed by atoms with E-state index >= 15 is 0 Å². The Bertz CT molecular complexity index is 671. The number of anilines is 2. The van der Waals surface area contributed by atoms with Crippen molar-refractivity contribution in [1.29, 1.82) is 0 Å². The summed E-state index contributed by atoms with van der Waals surface area (Å²) < 4.78 is 0. The molecule has 1 aromatic heterocycles. The molecule has 1 aliphatic heterocycles. The van der Waals surface area contributed by atoms with Gasteiger partial charge in [0.05, 0.1) is 5.69 Å². The fraction of sp³-hybridized carbons (Fsp3) is 0.333. The number of nitrogens with one attached hydrogen (secondary N) is 2. The van der Waals surface area contributed by atoms with E-state index in [-0.39, 0.29) is 5.91 Å². The molecule has 4 nitrogen and oxygen atoms in total. The normalized spacial score (nSPS) is 15.6. The molecule has 0 atom stereocenters. The Morgan fingerprint density at radius 1 is 1.30 bits per heavy atom. The van der Waals surface area contributed by atoms with Crippen molar-refractivity contribution in [2.24, 2.45) is 0 Å². The molecule has 0 unspecified atom stereocenters. The highest BCUT2D eigenvalue weighted by molar-refractivity contribution is 7.15. The highest BCUT2D eigenvalue weighted by Gasteiger charge is 2.19. The molecule has 0 fully saturated rings. The second-order valence-electron chi connectivity index (χ2n) is 5.25. The third-order valence-electron chi connectivity index (χ3n) is 3.89. The number of thiazole rings is 1. The second kappa shape index (κ2) is 4.59. The van der Waals surface area contributed by atoms with Crippen molar-refractivity contribution in [2.75, 3.05) is 17.2 Å². The summed E-state index contributed by atoms with van der Waals surface area (Å²) in [7, 11) is 0. The van der Waals surface area contributed by atoms with Gasteiger partial charge in [-0.2, -0.15) is 0 Å². The van der Waals surface area contributed by atoms with Gasteiger partial charge in [-0.1, -0.05) is 0 Å². The first-order valence-corrected chi connectivity index (χ1v) is 7.78. The first-order chi connectivity index (χ1) is 9.79. The Hall–Kier alpha value is -1.88. The summed E-state index contributed by atoms with van der Waals surface area (Å²) in [6, 6.07) is 5.83. The van der Waals surface area contributed by atoms with Crippen LogP contribution in [0.5, 0.6) is 0 Å². The molecule has 0 saturated heterocycles. The van der Waals surface area contributed by atoms with E-state index in [0.717, 1.165) is 36.6 Å². The molecule has 4 rings (SSSR count). The van der Waals surface area contributed by atoms with E-state index in [1.54, 1.807) is 11.3 Å². The Kier molecular flexibility index (Phi) is 2.73. The van der Waals surface area contributed by atoms with Gasteiger partial charge in [0.2, 0.25) is 0 Å². The molecule has 1 amide bonds. The molecule has 20 heavy (non-hydrogen) atoms. The number of hydrogen-bond acceptors (Lipinski definition) is 4. The quantitative estimate of drug-likeness (QED) is 0.892. The number of benzene rings is 1. The van der Waals surface area contributed by atoms with Gasteiger partial charge in [0.15, 0.2) is 5.13 Å². The van der Waals surface area contributed by atoms with Gasteiger partial charge in [-0.15, -0.1) is 11.3 Å². The van der Waals surface area contributed by atoms with Crippen LogP contribution in [0.4, 0.5) is 10.8 Å². The topological polar surface area (TPSA) is 54.0 Å². The molecule has 5 heteroatoms. The molecule has 0 spiro atoms. The first-order valence-electron chi connectivity index (χ1n) is 6.96. The van der Waals surface area contributed by atoms with Crippen LogP contribution in [0.2, 0.25) is 0 Å². The van der Waals surface area contributed by atoms with Crippen molar-refractivity contribution >= 4 is 28.1 Å². The molecule has 0 radical (unpaired) electrons. The Balaban J connectivity index is 1.55. The summed E-state index contributed by atoms with van der Waals surface area (Å²) in [5, 5.41) is 6.96. The van der Waals surface area contributed by atoms with Crippen molar-refractivity contribution in [3.05, 3.63) is 39.9 Å². The van der Waals surface area contributed by atoms with Crippen LogP contribution in [0.3, 0.4) is 0 Å². The fourth-order valence-electron chi connectivity index (χ4n) is 2.86. The molecule has 102 valence electrons. The minimum absolute atomic E-state index is 0.0628. The Morgan fingerprint density at radius 3 is 3.15 bits per heavy atom. The number of aromatic nitrogens is 1. The first kappa shape index (κ1) is 11.9. The third kappa shape index (κ3) is 1.98. The second-order valence-corrected chi connectivity index (χ2v) is 6.33. The molecule has 0 bridgehead atoms. The zero-order valence-electron chi connectivity index (χ0n) is 11.0. The summed E-state index contributed by atoms with van der Waals surface area (Å²) >= 11 is 1.62. The number of nitrogens with zero attached hydrogens (tertiary/aromatic N) is 1. The maximum absolute atomic E-state index is 12.3. The average Bonchev–Trinajstić information content (AvgIpc) is 3.11. The van der Waals surface area contributed by atoms with Crippen LogP contribution >= 0.6 is 11.3 Å². The number of fused-ring (bicyclic) bond motifs is 2. The van der Waals surface area contributed by atoms with Crippen molar-refractivity contribution in [1.82, 2.24) is 4.98 Å². The van der Waals surface area contributed by atoms with Crippen molar-refractivity contribution < 1.29 is 4.79 Å². The summed E-state index contributed by atoms with van der Waals surface area (Å²) in [5.41, 5.74) is 4.25. The maximum Gasteiger partial charge on any atom is 0.257 e. The van der Waals surface area contributed by atoms with Crippen LogP contribution < -0.4 is 10.6 Å². The van der Waals surface area contributed by atoms with Crippen molar-refractivity contribution in [3.8, 4) is 0 Å². The third-order valence-corrected chi connectivity index (χ3v) is 4.97. The smallest absolute Gasteiger partial charge is 0.257 e. The van der Waals surface area contributed by atoms with Gasteiger partial charge in [-0.25, -0.2) is 4.98 Å². The molecule has 0 saturated carbocycles. The van der Waals surface area contributed by atoms with Gasteiger partial charge in [0.25, 0.3) is 5.91 Å². The van der Waals surface area contributed by atoms with Crippen LogP contribution in [0.1, 0.15) is 32.9 Å². The average molecular weight is 285 g/mol. The van der Waals surface area contributed by atoms with Crippen molar-refractivity contribution in [2.45, 2.75) is 25.7 Å². The van der Waals surface area contributed by atoms with Gasteiger partial charge < -0.3 is 5.32 Å². The van der Waals surface area contributed by atoms with E-state index in [1.165, 1.54) is 22.6 Å². The van der Waals surface area contributed by atoms with Gasteiger partial charge in [-0.05, 0) is 49.4 Å². The number of hydrogen-bond donors (Lipinski definition) is 2. The number of carbonyl (C=O) groups is 1. The lowest BCUT2D eigenvalue weighted by molar-refractivity contribution is 0.102. The lowest BCUT2D eigenvalue weighted by Gasteiger charge is -2.04. The zero-order valence-corrected chi connectivity index (χ0v) is 11.8. The van der Waals surface area contributed by atoms with Gasteiger partial charge in [-0.3, -0.25) is 10.1 Å². The lowest BCUT2D eigenvalue weighted by Crippen LogP contribution is -2.12. The number of carbonyl (C=O) groups excluding carboxylic acids is 1. The lowest BCUT2D eigenvalue weighted by atomic mass is 10.1. The molecular weight excluding hydrogens is 270 g/mol. The molecule has 1 aromatic carbocycles. The Labute approximate surface area is 121 Å². The SMILES string of the molecule is O=C(Nc1nc2c(s1)CCC2)c1ccc2c(c1)CCN2. The summed E-state index contributed by atoms with van der Waals surface area (Å²) in [5.74, 6) is -0.0628. The molecule has 2 N–H and O–H groups in total. The molecular formula is C15H15N3OS. The van der Waals surface area contributed by atoms with E-state index < -0.39 is 0 Å². The van der Waals surface area contributed by atoms with Crippen LogP contribution in [-0.2, 0) is 19.3 Å².